The first kappa shape index (κ1) is 68.8. The molecule has 11 aromatic carbocycles. The third kappa shape index (κ3) is 18.5. The number of esters is 3. The Morgan fingerprint density at radius 1 is 0.340 bits per heavy atom. The van der Waals surface area contributed by atoms with Gasteiger partial charge in [0.25, 0.3) is 0 Å². The van der Waals surface area contributed by atoms with E-state index < -0.39 is 0 Å². The van der Waals surface area contributed by atoms with E-state index in [-0.39, 0.29) is 23.7 Å². The lowest BCUT2D eigenvalue weighted by atomic mass is 10.1. The molecule has 0 amide bonds. The molecule has 0 saturated carbocycles. The number of carbonyl (C=O) groups excluding carboxylic acids is 3. The Kier molecular flexibility index (Phi) is 23.7. The minimum absolute atomic E-state index is 0.250. The van der Waals surface area contributed by atoms with E-state index in [2.05, 4.69) is 122 Å². The maximum Gasteiger partial charge on any atom is 0.343 e. The smallest absolute Gasteiger partial charge is 0.343 e. The summed E-state index contributed by atoms with van der Waals surface area (Å²) in [5, 5.41) is 14.1. The Labute approximate surface area is 598 Å². The number of hydrogen-bond donors (Lipinski definition) is 1. The zero-order chi connectivity index (χ0) is 67.6. The zero-order valence-electron chi connectivity index (χ0n) is 52.9. The van der Waals surface area contributed by atoms with E-state index in [0.717, 1.165) is 62.6 Å². The van der Waals surface area contributed by atoms with Crippen LogP contribution in [-0.2, 0) is 0 Å². The molecule has 0 aliphatic carbocycles. The minimum Gasteiger partial charge on any atom is -0.508 e. The van der Waals surface area contributed by atoms with E-state index in [1.54, 1.807) is 114 Å². The van der Waals surface area contributed by atoms with Crippen molar-refractivity contribution in [2.75, 3.05) is 14.2 Å². The quantitative estimate of drug-likeness (QED) is 0.0725. The lowest BCUT2D eigenvalue weighted by Gasteiger charge is -2.04. The third-order valence-electron chi connectivity index (χ3n) is 15.1. The highest BCUT2D eigenvalue weighted by Crippen LogP contribution is 2.40. The minimum atomic E-state index is -0.365. The second-order valence-electron chi connectivity index (χ2n) is 21.8. The van der Waals surface area contributed by atoms with Gasteiger partial charge in [-0.25, -0.2) is 14.4 Å². The summed E-state index contributed by atoms with van der Waals surface area (Å²) in [5.74, 6) is 2.60. The van der Waals surface area contributed by atoms with E-state index in [9.17, 15) is 19.5 Å². The molecule has 1 N–H and O–H groups in total. The van der Waals surface area contributed by atoms with Crippen LogP contribution in [0, 0.1) is 13.8 Å². The number of fused-ring (bicyclic) bond motifs is 4. The van der Waals surface area contributed by atoms with Crippen LogP contribution in [0.5, 0.6) is 34.5 Å². The monoisotopic (exact) mass is 1570 g/mol. The number of phenolic OH excluding ortho intramolecular Hbond substituents is 1. The molecule has 97 heavy (non-hydrogen) atoms. The molecule has 15 aromatic rings. The van der Waals surface area contributed by atoms with Gasteiger partial charge >= 0.3 is 17.9 Å². The Balaban J connectivity index is 0.000000130. The first-order chi connectivity index (χ1) is 47.3. The van der Waals surface area contributed by atoms with Crippen LogP contribution < -0.4 is 23.7 Å². The topological polar surface area (TPSA) is 118 Å². The largest absolute Gasteiger partial charge is 0.508 e. The van der Waals surface area contributed by atoms with Crippen LogP contribution in [0.1, 0.15) is 42.2 Å². The maximum absolute atomic E-state index is 12.2. The van der Waals surface area contributed by atoms with Crippen molar-refractivity contribution in [3.8, 4) is 76.3 Å². The molecule has 0 spiro atoms. The molecule has 4 aromatic heterocycles. The Hall–Kier alpha value is -9.60. The van der Waals surface area contributed by atoms with Gasteiger partial charge in [0, 0.05) is 38.3 Å². The van der Waals surface area contributed by atoms with Crippen LogP contribution in [0.3, 0.4) is 0 Å². The first-order valence-corrected chi connectivity index (χ1v) is 41.4. The van der Waals surface area contributed by atoms with Crippen molar-refractivity contribution in [2.24, 2.45) is 0 Å². The van der Waals surface area contributed by atoms with Crippen molar-refractivity contribution in [3.63, 3.8) is 0 Å². The van der Waals surface area contributed by atoms with E-state index in [0.29, 0.717) is 50.7 Å². The van der Waals surface area contributed by atoms with Crippen LogP contribution in [0.2, 0.25) is 0 Å². The van der Waals surface area contributed by atoms with E-state index in [1.165, 1.54) is 42.1 Å². The summed E-state index contributed by atoms with van der Waals surface area (Å²) in [5.41, 5.74) is 8.82. The highest BCUT2D eigenvalue weighted by Gasteiger charge is 2.15. The number of aromatic hydroxyl groups is 1. The molecule has 0 saturated heterocycles. The number of methoxy groups -OCH3 is 2. The number of ether oxygens (including phenoxy) is 5. The van der Waals surface area contributed by atoms with Gasteiger partial charge in [0.15, 0.2) is 0 Å². The molecule has 482 valence electrons. The highest BCUT2D eigenvalue weighted by molar-refractivity contribution is 15.0. The van der Waals surface area contributed by atoms with Gasteiger partial charge in [0.05, 0.1) is 30.9 Å². The van der Waals surface area contributed by atoms with Crippen LogP contribution >= 0.6 is 80.7 Å². The third-order valence-corrected chi connectivity index (χ3v) is 19.6. The van der Waals surface area contributed by atoms with Crippen LogP contribution in [-0.4, -0.2) is 41.7 Å². The molecule has 15 heteroatoms. The molecule has 0 radical (unpaired) electrons. The van der Waals surface area contributed by atoms with Crippen molar-refractivity contribution in [3.05, 3.63) is 313 Å². The lowest BCUT2D eigenvalue weighted by molar-refractivity contribution is 0.0725. The number of halogens is 2. The number of rotatable bonds is 12. The molecule has 9 nitrogen and oxygen atoms in total. The van der Waals surface area contributed by atoms with Gasteiger partial charge in [0.1, 0.15) is 34.5 Å². The molecule has 0 bridgehead atoms. The summed E-state index contributed by atoms with van der Waals surface area (Å²) >= 11 is 9.39. The molecule has 0 fully saturated rings. The second-order valence-corrected chi connectivity index (χ2v) is 30.6. The zero-order valence-corrected chi connectivity index (χ0v) is 60.5. The van der Waals surface area contributed by atoms with Gasteiger partial charge in [0.2, 0.25) is 0 Å². The maximum atomic E-state index is 12.2. The Morgan fingerprint density at radius 3 is 0.876 bits per heavy atom. The Morgan fingerprint density at radius 2 is 0.588 bits per heavy atom. The van der Waals surface area contributed by atoms with Crippen molar-refractivity contribution in [1.82, 2.24) is 0 Å². The van der Waals surface area contributed by atoms with Crippen LogP contribution in [0.4, 0.5) is 0 Å². The van der Waals surface area contributed by atoms with Gasteiger partial charge in [-0.3, -0.25) is 0 Å². The summed E-state index contributed by atoms with van der Waals surface area (Å²) in [6.45, 7) is 4.20. The van der Waals surface area contributed by atoms with Gasteiger partial charge < -0.3 is 28.8 Å². The molecule has 0 aliphatic heterocycles. The SMILES string of the molecule is C=II.COc1ccc(-c2cc3ccc(OC(=O)c4ccccc4)cc3s2)cc1.COc1ccc2cc(-c3ccc(C)cc3)sc2c1.Cc1ccc(-c2cc3ccc(OC(=O)c4ccccc4)cc3s2)cc1.O=C(Oc1ccc2cc(-c3ccc(O)cc3)sc2c1)c1ccccc1. The predicted molar refractivity (Wildman–Crippen MR) is 423 cm³/mol. The number of thiophene rings is 4. The fourth-order valence-electron chi connectivity index (χ4n) is 9.97. The standard InChI is InChI=1S/C22H16O3S.C22H16O2S.C21H14O3S.C16H14OS.CH2I2/c1-24-18-10-7-15(8-11-18)20-13-17-9-12-19(14-21(17)26-20)25-22(23)16-5-3-2-4-6-16;1-15-7-9-16(10-8-15)20-13-18-11-12-19(14-21(18)25-20)24-22(23)17-5-3-2-4-6-17;22-17-9-6-14(7-10-17)19-12-16-8-11-18(13-20(16)25-19)24-21(23)15-4-2-1-3-5-15;1-11-3-5-12(6-4-11)15-9-13-7-8-14(17-2)10-16(13)18-15;1-3-2/h2-14H,1H3;2-14H,1H3;1-13,22H;3-10H,1-2H3;1H2. The summed E-state index contributed by atoms with van der Waals surface area (Å²) in [6.07, 6.45) is 0. The molecular formula is C82H62I2O9S4. The summed E-state index contributed by atoms with van der Waals surface area (Å²) in [7, 11) is 3.36. The van der Waals surface area contributed by atoms with Crippen molar-refractivity contribution in [2.45, 2.75) is 13.8 Å². The summed E-state index contributed by atoms with van der Waals surface area (Å²) in [6, 6.07) is 91.2. The molecule has 4 heterocycles. The van der Waals surface area contributed by atoms with Crippen molar-refractivity contribution < 1.29 is 43.2 Å². The van der Waals surface area contributed by atoms with Gasteiger partial charge in [-0.2, -0.15) is 0 Å². The number of phenols is 1. The van der Waals surface area contributed by atoms with Gasteiger partial charge in [-0.1, -0.05) is 136 Å². The average molecular weight is 1570 g/mol. The van der Waals surface area contributed by atoms with Crippen molar-refractivity contribution in [1.29, 1.82) is 0 Å². The van der Waals surface area contributed by atoms with E-state index in [1.807, 2.05) is 146 Å². The van der Waals surface area contributed by atoms with Crippen LogP contribution in [0.25, 0.3) is 82.1 Å². The number of aryl methyl sites for hydroxylation is 2. The second kappa shape index (κ2) is 33.4. The number of benzene rings is 11. The average Bonchev–Trinajstić information content (AvgIpc) is 1.81. The molecule has 15 rings (SSSR count). The fourth-order valence-corrected chi connectivity index (χ4v) is 14.4. The molecule has 0 aliphatic rings. The molecule has 0 unspecified atom stereocenters. The predicted octanol–water partition coefficient (Wildman–Crippen LogP) is 24.0. The van der Waals surface area contributed by atoms with Gasteiger partial charge in [-0.05, 0) is 258 Å². The van der Waals surface area contributed by atoms with Crippen molar-refractivity contribution >= 4 is 143 Å². The number of carbonyl (C=O) groups is 3. The summed E-state index contributed by atoms with van der Waals surface area (Å²) in [4.78, 5) is 41.3. The molecular weight excluding hydrogens is 1510 g/mol. The van der Waals surface area contributed by atoms with Gasteiger partial charge in [-0.15, -0.1) is 45.3 Å². The summed E-state index contributed by atoms with van der Waals surface area (Å²) < 4.78 is 35.0. The van der Waals surface area contributed by atoms with E-state index >= 15 is 0 Å². The normalized spacial score (nSPS) is 10.6. The lowest BCUT2D eigenvalue weighted by Crippen LogP contribution is -2.07. The van der Waals surface area contributed by atoms with Crippen LogP contribution in [0.15, 0.2) is 285 Å². The first-order valence-electron chi connectivity index (χ1n) is 30.4. The van der Waals surface area contributed by atoms with E-state index in [4.69, 9.17) is 23.7 Å². The fraction of sp³-hybridized carbons (Fsp3) is 0.0488. The highest BCUT2D eigenvalue weighted by atomic mass is 128. The Bertz CT molecular complexity index is 4970. The number of hydrogen-bond acceptors (Lipinski definition) is 13. The molecule has 0 atom stereocenters.